The zero-order chi connectivity index (χ0) is 12.8. The normalized spacial score (nSPS) is 12.5. The van der Waals surface area contributed by atoms with E-state index < -0.39 is 5.82 Å². The Morgan fingerprint density at radius 2 is 2.29 bits per heavy atom. The van der Waals surface area contributed by atoms with Crippen LogP contribution in [0.5, 0.6) is 5.75 Å². The molecular weight excluding hydrogens is 357 g/mol. The van der Waals surface area contributed by atoms with Crippen LogP contribution >= 0.6 is 34.6 Å². The smallest absolute Gasteiger partial charge is 0.192 e. The van der Waals surface area contributed by atoms with Crippen molar-refractivity contribution >= 4 is 52.2 Å². The van der Waals surface area contributed by atoms with Gasteiger partial charge in [0, 0.05) is 18.7 Å². The van der Waals surface area contributed by atoms with Crippen LogP contribution in [0, 0.1) is 5.82 Å². The first-order valence-electron chi connectivity index (χ1n) is 4.51. The van der Waals surface area contributed by atoms with E-state index in [9.17, 15) is 4.39 Å². The van der Waals surface area contributed by atoms with Crippen molar-refractivity contribution in [2.75, 3.05) is 7.05 Å². The summed E-state index contributed by atoms with van der Waals surface area (Å²) >= 11 is 7.48. The van der Waals surface area contributed by atoms with E-state index in [0.29, 0.717) is 17.0 Å². The van der Waals surface area contributed by atoms with Crippen LogP contribution < -0.4 is 3.07 Å². The molecule has 0 aliphatic carbocycles. The van der Waals surface area contributed by atoms with Gasteiger partial charge in [-0.05, 0) is 24.9 Å². The van der Waals surface area contributed by atoms with Crippen molar-refractivity contribution in [3.8, 4) is 5.75 Å². The van der Waals surface area contributed by atoms with Crippen molar-refractivity contribution in [1.82, 2.24) is 0 Å². The first kappa shape index (κ1) is 14.1. The number of allylic oxidation sites excluding steroid dienone is 1. The molecule has 0 atom stereocenters. The molecular formula is C11H9ClFIN2O. The lowest BCUT2D eigenvalue weighted by molar-refractivity contribution is 0.621. The van der Waals surface area contributed by atoms with Crippen LogP contribution in [0.3, 0.4) is 0 Å². The van der Waals surface area contributed by atoms with Gasteiger partial charge in [0.25, 0.3) is 0 Å². The molecule has 0 spiro atoms. The van der Waals surface area contributed by atoms with Crippen LogP contribution in [0.2, 0.25) is 0 Å². The van der Waals surface area contributed by atoms with Crippen molar-refractivity contribution in [3.63, 3.8) is 0 Å². The third-order valence-corrected chi connectivity index (χ3v) is 2.69. The number of nitrogens with zero attached hydrogens (tertiary/aromatic N) is 2. The van der Waals surface area contributed by atoms with Gasteiger partial charge in [0.15, 0.2) is 23.0 Å². The molecule has 0 heterocycles. The summed E-state index contributed by atoms with van der Waals surface area (Å²) in [5, 5.41) is 0.246. The van der Waals surface area contributed by atoms with E-state index in [1.54, 1.807) is 30.1 Å². The molecule has 17 heavy (non-hydrogen) atoms. The molecule has 0 N–H and O–H groups in total. The highest BCUT2D eigenvalue weighted by atomic mass is 127. The van der Waals surface area contributed by atoms with Crippen LogP contribution in [-0.4, -0.2) is 18.9 Å². The Hall–Kier alpha value is -0.950. The van der Waals surface area contributed by atoms with Gasteiger partial charge in [-0.15, -0.1) is 0 Å². The summed E-state index contributed by atoms with van der Waals surface area (Å²) in [6.07, 6.45) is 1.49. The van der Waals surface area contributed by atoms with Gasteiger partial charge in [-0.2, -0.15) is 0 Å². The fraction of sp³-hybridized carbons (Fsp3) is 0.0909. The molecule has 0 fully saturated rings. The van der Waals surface area contributed by atoms with Crippen LogP contribution in [0.15, 0.2) is 34.3 Å². The van der Waals surface area contributed by atoms with E-state index in [-0.39, 0.29) is 5.17 Å². The standard InChI is InChI=1S/C11H9ClFIN2O/c1-15-9(6-11(12)16-2)8-5-7(13)3-4-10(8)17-14/h3-6H,1H2,2H3/b9-6-,16-11+. The molecule has 0 saturated heterocycles. The van der Waals surface area contributed by atoms with Gasteiger partial charge in [-0.25, -0.2) is 4.39 Å². The summed E-state index contributed by atoms with van der Waals surface area (Å²) < 4.78 is 18.3. The number of halogens is 3. The summed E-state index contributed by atoms with van der Waals surface area (Å²) in [5.41, 5.74) is 0.864. The van der Waals surface area contributed by atoms with Crippen molar-refractivity contribution < 1.29 is 7.46 Å². The number of hydrogen-bond acceptors (Lipinski definition) is 3. The second-order valence-electron chi connectivity index (χ2n) is 2.95. The molecule has 0 aliphatic heterocycles. The van der Waals surface area contributed by atoms with Gasteiger partial charge in [0.2, 0.25) is 0 Å². The van der Waals surface area contributed by atoms with E-state index >= 15 is 0 Å². The first-order valence-corrected chi connectivity index (χ1v) is 5.77. The average Bonchev–Trinajstić information content (AvgIpc) is 2.35. The molecule has 0 radical (unpaired) electrons. The molecule has 0 aliphatic rings. The molecule has 1 rings (SSSR count). The number of benzene rings is 1. The van der Waals surface area contributed by atoms with E-state index in [0.717, 1.165) is 0 Å². The maximum Gasteiger partial charge on any atom is 0.192 e. The van der Waals surface area contributed by atoms with Crippen molar-refractivity contribution in [2.45, 2.75) is 0 Å². The summed E-state index contributed by atoms with van der Waals surface area (Å²) in [4.78, 5) is 7.55. The molecule has 0 unspecified atom stereocenters. The van der Waals surface area contributed by atoms with Gasteiger partial charge in [-0.3, -0.25) is 9.98 Å². The second kappa shape index (κ2) is 6.70. The zero-order valence-electron chi connectivity index (χ0n) is 8.95. The van der Waals surface area contributed by atoms with Crippen molar-refractivity contribution in [2.24, 2.45) is 9.98 Å². The predicted molar refractivity (Wildman–Crippen MR) is 77.8 cm³/mol. The van der Waals surface area contributed by atoms with Gasteiger partial charge in [0.05, 0.1) is 5.70 Å². The maximum absolute atomic E-state index is 13.2. The van der Waals surface area contributed by atoms with E-state index in [1.165, 1.54) is 24.3 Å². The maximum atomic E-state index is 13.2. The minimum atomic E-state index is -0.392. The fourth-order valence-electron chi connectivity index (χ4n) is 1.16. The van der Waals surface area contributed by atoms with Crippen molar-refractivity contribution in [3.05, 3.63) is 35.7 Å². The molecule has 0 amide bonds. The Kier molecular flexibility index (Phi) is 5.57. The summed E-state index contributed by atoms with van der Waals surface area (Å²) in [7, 11) is 1.54. The van der Waals surface area contributed by atoms with Gasteiger partial charge in [0.1, 0.15) is 16.7 Å². The van der Waals surface area contributed by atoms with Gasteiger partial charge < -0.3 is 3.07 Å². The lowest BCUT2D eigenvalue weighted by Gasteiger charge is -2.07. The topological polar surface area (TPSA) is 34.0 Å². The highest BCUT2D eigenvalue weighted by Gasteiger charge is 2.10. The highest BCUT2D eigenvalue weighted by molar-refractivity contribution is 14.1. The summed E-state index contributed by atoms with van der Waals surface area (Å²) in [6, 6.07) is 4.11. The molecule has 0 aromatic heterocycles. The highest BCUT2D eigenvalue weighted by Crippen LogP contribution is 2.29. The molecule has 0 bridgehead atoms. The van der Waals surface area contributed by atoms with Crippen LogP contribution in [0.1, 0.15) is 5.56 Å². The second-order valence-corrected chi connectivity index (χ2v) is 3.78. The molecule has 0 saturated carbocycles. The van der Waals surface area contributed by atoms with Gasteiger partial charge in [-0.1, -0.05) is 11.6 Å². The lowest BCUT2D eigenvalue weighted by atomic mass is 10.1. The Morgan fingerprint density at radius 3 is 2.82 bits per heavy atom. The number of aliphatic imine (C=N–C) groups is 2. The number of rotatable bonds is 4. The molecule has 1 aromatic carbocycles. The predicted octanol–water partition coefficient (Wildman–Crippen LogP) is 3.86. The fourth-order valence-corrected chi connectivity index (χ4v) is 1.64. The Balaban J connectivity index is 3.33. The van der Waals surface area contributed by atoms with Crippen LogP contribution in [0.4, 0.5) is 4.39 Å². The zero-order valence-corrected chi connectivity index (χ0v) is 11.9. The summed E-state index contributed by atoms with van der Waals surface area (Å²) in [6.45, 7) is 3.42. The largest absolute Gasteiger partial charge is 0.427 e. The Labute approximate surface area is 118 Å². The third kappa shape index (κ3) is 3.78. The average molecular weight is 367 g/mol. The Bertz CT molecular complexity index is 488. The quantitative estimate of drug-likeness (QED) is 0.588. The minimum absolute atomic E-state index is 0.246. The minimum Gasteiger partial charge on any atom is -0.427 e. The SMILES string of the molecule is C=N/C(=C\C(Cl)=N/C)c1cc(F)ccc1OI. The molecule has 3 nitrogen and oxygen atoms in total. The molecule has 90 valence electrons. The lowest BCUT2D eigenvalue weighted by Crippen LogP contribution is -1.91. The van der Waals surface area contributed by atoms with E-state index in [1.807, 2.05) is 0 Å². The summed E-state index contributed by atoms with van der Waals surface area (Å²) in [5.74, 6) is 0.0857. The van der Waals surface area contributed by atoms with E-state index in [4.69, 9.17) is 14.7 Å². The van der Waals surface area contributed by atoms with E-state index in [2.05, 4.69) is 16.7 Å². The monoisotopic (exact) mass is 366 g/mol. The van der Waals surface area contributed by atoms with Crippen LogP contribution in [0.25, 0.3) is 5.70 Å². The molecule has 1 aromatic rings. The first-order chi connectivity index (χ1) is 8.12. The molecule has 6 heteroatoms. The van der Waals surface area contributed by atoms with Gasteiger partial charge >= 0.3 is 0 Å². The Morgan fingerprint density at radius 1 is 1.59 bits per heavy atom. The third-order valence-electron chi connectivity index (χ3n) is 1.94. The number of hydrogen-bond donors (Lipinski definition) is 0. The van der Waals surface area contributed by atoms with Crippen LogP contribution in [-0.2, 0) is 0 Å². The van der Waals surface area contributed by atoms with Crippen molar-refractivity contribution in [1.29, 1.82) is 0 Å².